The largest absolute Gasteiger partial charge is 0.493 e. The molecule has 0 aromatic heterocycles. The molecule has 1 aromatic rings. The Balaban J connectivity index is 1.79. The molecule has 1 amide bonds. The number of halogens is 1. The Morgan fingerprint density at radius 2 is 2.07 bits per heavy atom. The van der Waals surface area contributed by atoms with Crippen LogP contribution in [-0.4, -0.2) is 56.6 Å². The Kier molecular flexibility index (Phi) is 6.53. The van der Waals surface area contributed by atoms with Gasteiger partial charge in [0.2, 0.25) is 5.91 Å². The first kappa shape index (κ1) is 20.3. The molecule has 0 bridgehead atoms. The van der Waals surface area contributed by atoms with Crippen molar-refractivity contribution in [3.8, 4) is 11.5 Å². The van der Waals surface area contributed by atoms with Gasteiger partial charge in [-0.3, -0.25) is 4.79 Å². The Morgan fingerprint density at radius 3 is 2.78 bits per heavy atom. The Bertz CT molecular complexity index is 669. The first-order valence-corrected chi connectivity index (χ1v) is 10.4. The zero-order chi connectivity index (χ0) is 19.4. The molecule has 150 valence electrons. The SMILES string of the molecule is COc1ccc([C@@]23CCC(NC(=O)CCCCl)C[C@@H]2N(C)CC3)cc1OC. The minimum absolute atomic E-state index is 0.117. The highest BCUT2D eigenvalue weighted by molar-refractivity contribution is 6.17. The van der Waals surface area contributed by atoms with Crippen LogP contribution in [0.4, 0.5) is 0 Å². The smallest absolute Gasteiger partial charge is 0.220 e. The number of methoxy groups -OCH3 is 2. The molecule has 0 radical (unpaired) electrons. The van der Waals surface area contributed by atoms with Gasteiger partial charge in [0.25, 0.3) is 0 Å². The van der Waals surface area contributed by atoms with Crippen LogP contribution >= 0.6 is 11.6 Å². The lowest BCUT2D eigenvalue weighted by atomic mass is 9.65. The van der Waals surface area contributed by atoms with E-state index in [1.165, 1.54) is 5.56 Å². The number of hydrogen-bond donors (Lipinski definition) is 1. The van der Waals surface area contributed by atoms with E-state index in [1.54, 1.807) is 14.2 Å². The first-order chi connectivity index (χ1) is 13.0. The molecule has 3 atom stereocenters. The van der Waals surface area contributed by atoms with E-state index in [0.717, 1.165) is 50.1 Å². The third kappa shape index (κ3) is 4.04. The molecular weight excluding hydrogens is 364 g/mol. The Hall–Kier alpha value is -1.46. The molecule has 5 nitrogen and oxygen atoms in total. The van der Waals surface area contributed by atoms with E-state index in [2.05, 4.69) is 29.4 Å². The van der Waals surface area contributed by atoms with Crippen molar-refractivity contribution in [3.05, 3.63) is 23.8 Å². The summed E-state index contributed by atoms with van der Waals surface area (Å²) in [6.45, 7) is 1.08. The number of benzene rings is 1. The third-order valence-corrected chi connectivity index (χ3v) is 6.66. The third-order valence-electron chi connectivity index (χ3n) is 6.39. The average Bonchev–Trinajstić information content (AvgIpc) is 3.03. The van der Waals surface area contributed by atoms with Crippen LogP contribution in [0.5, 0.6) is 11.5 Å². The molecule has 1 N–H and O–H groups in total. The van der Waals surface area contributed by atoms with Gasteiger partial charge in [-0.05, 0) is 63.4 Å². The van der Waals surface area contributed by atoms with Crippen molar-refractivity contribution in [2.45, 2.75) is 56.0 Å². The van der Waals surface area contributed by atoms with Crippen LogP contribution in [0.2, 0.25) is 0 Å². The highest BCUT2D eigenvalue weighted by Gasteiger charge is 2.50. The van der Waals surface area contributed by atoms with E-state index in [9.17, 15) is 4.79 Å². The van der Waals surface area contributed by atoms with Crippen LogP contribution in [0, 0.1) is 0 Å². The number of ether oxygens (including phenoxy) is 2. The van der Waals surface area contributed by atoms with Crippen LogP contribution < -0.4 is 14.8 Å². The summed E-state index contributed by atoms with van der Waals surface area (Å²) in [5.41, 5.74) is 1.44. The lowest BCUT2D eigenvalue weighted by molar-refractivity contribution is -0.122. The second-order valence-electron chi connectivity index (χ2n) is 7.80. The predicted octanol–water partition coefficient (Wildman–Crippen LogP) is 3.33. The summed E-state index contributed by atoms with van der Waals surface area (Å²) in [5.74, 6) is 2.21. The van der Waals surface area contributed by atoms with Crippen LogP contribution in [-0.2, 0) is 10.2 Å². The Labute approximate surface area is 167 Å². The molecule has 1 unspecified atom stereocenters. The van der Waals surface area contributed by atoms with Gasteiger partial charge in [0.1, 0.15) is 0 Å². The highest BCUT2D eigenvalue weighted by atomic mass is 35.5. The quantitative estimate of drug-likeness (QED) is 0.720. The number of likely N-dealkylation sites (N-methyl/N-ethyl adjacent to an activating group) is 1. The molecule has 27 heavy (non-hydrogen) atoms. The van der Waals surface area contributed by atoms with Gasteiger partial charge in [-0.15, -0.1) is 11.6 Å². The van der Waals surface area contributed by atoms with Gasteiger partial charge in [-0.1, -0.05) is 6.07 Å². The molecule has 1 saturated heterocycles. The summed E-state index contributed by atoms with van der Waals surface area (Å²) in [6, 6.07) is 7.00. The number of rotatable bonds is 7. The molecule has 2 aliphatic rings. The second-order valence-corrected chi connectivity index (χ2v) is 8.18. The summed E-state index contributed by atoms with van der Waals surface area (Å²) in [7, 11) is 5.55. The molecule has 1 aromatic carbocycles. The van der Waals surface area contributed by atoms with Gasteiger partial charge in [0, 0.05) is 29.8 Å². The number of amides is 1. The molecular formula is C21H31ClN2O3. The summed E-state index contributed by atoms with van der Waals surface area (Å²) in [5, 5.41) is 3.23. The van der Waals surface area contributed by atoms with E-state index in [4.69, 9.17) is 21.1 Å². The van der Waals surface area contributed by atoms with Crippen LogP contribution in [0.25, 0.3) is 0 Å². The second kappa shape index (κ2) is 8.70. The maximum atomic E-state index is 12.1. The number of nitrogens with one attached hydrogen (secondary N) is 1. The van der Waals surface area contributed by atoms with Gasteiger partial charge in [0.15, 0.2) is 11.5 Å². The molecule has 2 fully saturated rings. The van der Waals surface area contributed by atoms with Gasteiger partial charge in [0.05, 0.1) is 14.2 Å². The van der Waals surface area contributed by atoms with Crippen molar-refractivity contribution in [2.75, 3.05) is 33.7 Å². The van der Waals surface area contributed by atoms with Gasteiger partial charge >= 0.3 is 0 Å². The average molecular weight is 395 g/mol. The number of hydrogen-bond acceptors (Lipinski definition) is 4. The van der Waals surface area contributed by atoms with Crippen LogP contribution in [0.15, 0.2) is 18.2 Å². The molecule has 0 spiro atoms. The number of carbonyl (C=O) groups is 1. The molecule has 3 rings (SSSR count). The topological polar surface area (TPSA) is 50.8 Å². The van der Waals surface area contributed by atoms with Crippen molar-refractivity contribution < 1.29 is 14.3 Å². The van der Waals surface area contributed by atoms with Gasteiger partial charge in [-0.2, -0.15) is 0 Å². The summed E-state index contributed by atoms with van der Waals surface area (Å²) >= 11 is 5.71. The highest BCUT2D eigenvalue weighted by Crippen LogP contribution is 2.49. The minimum Gasteiger partial charge on any atom is -0.493 e. The van der Waals surface area contributed by atoms with Crippen molar-refractivity contribution in [1.82, 2.24) is 10.2 Å². The number of alkyl halides is 1. The van der Waals surface area contributed by atoms with E-state index >= 15 is 0 Å². The molecule has 1 heterocycles. The number of nitrogens with zero attached hydrogens (tertiary/aromatic N) is 1. The maximum Gasteiger partial charge on any atom is 0.220 e. The zero-order valence-electron chi connectivity index (χ0n) is 16.6. The van der Waals surface area contributed by atoms with Crippen LogP contribution in [0.1, 0.15) is 44.1 Å². The van der Waals surface area contributed by atoms with Gasteiger partial charge in [-0.25, -0.2) is 0 Å². The van der Waals surface area contributed by atoms with E-state index < -0.39 is 0 Å². The summed E-state index contributed by atoms with van der Waals surface area (Å²) in [6.07, 6.45) is 5.44. The number of carbonyl (C=O) groups excluding carboxylic acids is 1. The van der Waals surface area contributed by atoms with Crippen molar-refractivity contribution in [2.24, 2.45) is 0 Å². The summed E-state index contributed by atoms with van der Waals surface area (Å²) < 4.78 is 11.0. The number of likely N-dealkylation sites (tertiary alicyclic amines) is 1. The monoisotopic (exact) mass is 394 g/mol. The fraction of sp³-hybridized carbons (Fsp3) is 0.667. The van der Waals surface area contributed by atoms with Crippen molar-refractivity contribution in [1.29, 1.82) is 0 Å². The molecule has 1 aliphatic heterocycles. The minimum atomic E-state index is 0.117. The summed E-state index contributed by atoms with van der Waals surface area (Å²) in [4.78, 5) is 14.6. The normalized spacial score (nSPS) is 27.9. The standard InChI is InChI=1S/C21H31ClN2O3/c1-24-12-10-21(15-6-7-17(26-2)18(13-15)27-3)9-8-16(14-19(21)24)23-20(25)5-4-11-22/h6-7,13,16,19H,4-5,8-12,14H2,1-3H3,(H,23,25)/t16?,19-,21-/m0/s1. The molecule has 1 saturated carbocycles. The fourth-order valence-corrected chi connectivity index (χ4v) is 5.06. The lowest BCUT2D eigenvalue weighted by Gasteiger charge is -2.45. The molecule has 1 aliphatic carbocycles. The van der Waals surface area contributed by atoms with Crippen LogP contribution in [0.3, 0.4) is 0 Å². The molecule has 6 heteroatoms. The fourth-order valence-electron chi connectivity index (χ4n) is 4.92. The van der Waals surface area contributed by atoms with E-state index in [-0.39, 0.29) is 17.4 Å². The first-order valence-electron chi connectivity index (χ1n) is 9.82. The number of fused-ring (bicyclic) bond motifs is 1. The predicted molar refractivity (Wildman–Crippen MR) is 108 cm³/mol. The van der Waals surface area contributed by atoms with Crippen molar-refractivity contribution >= 4 is 17.5 Å². The maximum absolute atomic E-state index is 12.1. The van der Waals surface area contributed by atoms with E-state index in [1.807, 2.05) is 6.07 Å². The van der Waals surface area contributed by atoms with Gasteiger partial charge < -0.3 is 19.7 Å². The van der Waals surface area contributed by atoms with E-state index in [0.29, 0.717) is 18.3 Å². The zero-order valence-corrected chi connectivity index (χ0v) is 17.3. The lowest BCUT2D eigenvalue weighted by Crippen LogP contribution is -2.51. The Morgan fingerprint density at radius 1 is 1.30 bits per heavy atom. The van der Waals surface area contributed by atoms with Crippen molar-refractivity contribution in [3.63, 3.8) is 0 Å².